The Morgan fingerprint density at radius 3 is 2.38 bits per heavy atom. The molecule has 6 heteroatoms. The quantitative estimate of drug-likeness (QED) is 0.689. The molecule has 1 aliphatic heterocycles. The zero-order valence-electron chi connectivity index (χ0n) is 16.4. The fourth-order valence-corrected chi connectivity index (χ4v) is 3.72. The lowest BCUT2D eigenvalue weighted by Crippen LogP contribution is -2.50. The highest BCUT2D eigenvalue weighted by Gasteiger charge is 2.30. The molecule has 1 fully saturated rings. The van der Waals surface area contributed by atoms with Crippen LogP contribution in [0, 0.1) is 0 Å². The molecule has 0 saturated carbocycles. The van der Waals surface area contributed by atoms with Crippen molar-refractivity contribution < 1.29 is 4.79 Å². The van der Waals surface area contributed by atoms with Crippen molar-refractivity contribution in [3.05, 3.63) is 88.7 Å². The van der Waals surface area contributed by atoms with E-state index in [1.165, 1.54) is 10.7 Å². The van der Waals surface area contributed by atoms with Gasteiger partial charge in [0.2, 0.25) is 5.91 Å². The number of carbonyl (C=O) groups is 1. The van der Waals surface area contributed by atoms with Gasteiger partial charge in [0.15, 0.2) is 0 Å². The maximum absolute atomic E-state index is 13.2. The minimum atomic E-state index is -0.275. The first kappa shape index (κ1) is 19.1. The van der Waals surface area contributed by atoms with Gasteiger partial charge in [0.25, 0.3) is 5.56 Å². The van der Waals surface area contributed by atoms with Crippen LogP contribution in [0.3, 0.4) is 0 Å². The molecule has 2 aromatic carbocycles. The van der Waals surface area contributed by atoms with E-state index in [-0.39, 0.29) is 24.1 Å². The number of benzene rings is 2. The highest BCUT2D eigenvalue weighted by Crippen LogP contribution is 2.25. The Morgan fingerprint density at radius 1 is 0.966 bits per heavy atom. The Kier molecular flexibility index (Phi) is 5.53. The van der Waals surface area contributed by atoms with Crippen LogP contribution in [0.1, 0.15) is 11.6 Å². The second-order valence-corrected chi connectivity index (χ2v) is 7.36. The standard InChI is InChI=1S/C23H24N4O2/c1-25-14-15-26(21(16-25)19-10-6-3-7-11-19)23(29)17-27-22(28)13-12-20(24-27)18-8-4-2-5-9-18/h2-13,21H,14-17H2,1H3/t21-/m1/s1. The number of hydrogen-bond donors (Lipinski definition) is 0. The van der Waals surface area contributed by atoms with E-state index in [1.54, 1.807) is 6.07 Å². The molecule has 1 atom stereocenters. The number of hydrogen-bond acceptors (Lipinski definition) is 4. The van der Waals surface area contributed by atoms with Crippen LogP contribution in [0.4, 0.5) is 0 Å². The smallest absolute Gasteiger partial charge is 0.267 e. The third-order valence-electron chi connectivity index (χ3n) is 5.31. The van der Waals surface area contributed by atoms with Gasteiger partial charge in [-0.3, -0.25) is 9.59 Å². The molecule has 0 aliphatic carbocycles. The lowest BCUT2D eigenvalue weighted by molar-refractivity contribution is -0.137. The fourth-order valence-electron chi connectivity index (χ4n) is 3.72. The van der Waals surface area contributed by atoms with Crippen molar-refractivity contribution in [3.63, 3.8) is 0 Å². The van der Waals surface area contributed by atoms with E-state index >= 15 is 0 Å². The van der Waals surface area contributed by atoms with Gasteiger partial charge < -0.3 is 9.80 Å². The first-order valence-corrected chi connectivity index (χ1v) is 9.78. The van der Waals surface area contributed by atoms with Gasteiger partial charge in [-0.05, 0) is 18.7 Å². The third kappa shape index (κ3) is 4.27. The summed E-state index contributed by atoms with van der Waals surface area (Å²) >= 11 is 0. The molecule has 0 N–H and O–H groups in total. The molecule has 1 amide bonds. The van der Waals surface area contributed by atoms with Crippen LogP contribution < -0.4 is 5.56 Å². The van der Waals surface area contributed by atoms with E-state index in [9.17, 15) is 9.59 Å². The van der Waals surface area contributed by atoms with E-state index in [2.05, 4.69) is 17.0 Å². The Hall–Kier alpha value is -3.25. The largest absolute Gasteiger partial charge is 0.331 e. The van der Waals surface area contributed by atoms with Gasteiger partial charge in [-0.1, -0.05) is 60.7 Å². The SMILES string of the molecule is CN1CCN(C(=O)Cn2nc(-c3ccccc3)ccc2=O)[C@@H](c2ccccc2)C1. The maximum atomic E-state index is 13.2. The topological polar surface area (TPSA) is 58.4 Å². The molecule has 0 radical (unpaired) electrons. The minimum Gasteiger partial charge on any atom is -0.331 e. The van der Waals surface area contributed by atoms with Crippen LogP contribution in [-0.4, -0.2) is 52.2 Å². The molecular weight excluding hydrogens is 364 g/mol. The van der Waals surface area contributed by atoms with Crippen molar-refractivity contribution in [2.75, 3.05) is 26.7 Å². The van der Waals surface area contributed by atoms with Crippen LogP contribution in [0.2, 0.25) is 0 Å². The average molecular weight is 388 g/mol. The van der Waals surface area contributed by atoms with Crippen LogP contribution >= 0.6 is 0 Å². The van der Waals surface area contributed by atoms with E-state index in [0.29, 0.717) is 12.2 Å². The second kappa shape index (κ2) is 8.41. The zero-order valence-corrected chi connectivity index (χ0v) is 16.4. The predicted molar refractivity (Wildman–Crippen MR) is 112 cm³/mol. The van der Waals surface area contributed by atoms with Crippen LogP contribution in [0.5, 0.6) is 0 Å². The first-order valence-electron chi connectivity index (χ1n) is 9.78. The first-order chi connectivity index (χ1) is 14.1. The molecule has 148 valence electrons. The van der Waals surface area contributed by atoms with Crippen LogP contribution in [0.25, 0.3) is 11.3 Å². The molecule has 1 aromatic heterocycles. The van der Waals surface area contributed by atoms with E-state index in [0.717, 1.165) is 24.2 Å². The van der Waals surface area contributed by atoms with Crippen LogP contribution in [0.15, 0.2) is 77.6 Å². The Morgan fingerprint density at radius 2 is 1.66 bits per heavy atom. The summed E-state index contributed by atoms with van der Waals surface area (Å²) in [5.74, 6) is -0.0910. The monoisotopic (exact) mass is 388 g/mol. The minimum absolute atomic E-state index is 0.0320. The summed E-state index contributed by atoms with van der Waals surface area (Å²) in [7, 11) is 2.06. The van der Waals surface area contributed by atoms with E-state index in [4.69, 9.17) is 0 Å². The Labute approximate surface area is 170 Å². The van der Waals surface area contributed by atoms with Crippen molar-refractivity contribution >= 4 is 5.91 Å². The molecule has 29 heavy (non-hydrogen) atoms. The maximum Gasteiger partial charge on any atom is 0.267 e. The number of amides is 1. The van der Waals surface area contributed by atoms with Gasteiger partial charge in [-0.25, -0.2) is 4.68 Å². The van der Waals surface area contributed by atoms with Crippen molar-refractivity contribution in [2.45, 2.75) is 12.6 Å². The predicted octanol–water partition coefficient (Wildman–Crippen LogP) is 2.43. The summed E-state index contributed by atoms with van der Waals surface area (Å²) in [4.78, 5) is 29.6. The van der Waals surface area contributed by atoms with Gasteiger partial charge in [-0.15, -0.1) is 0 Å². The summed E-state index contributed by atoms with van der Waals surface area (Å²) in [6.07, 6.45) is 0. The van der Waals surface area contributed by atoms with Gasteiger partial charge in [-0.2, -0.15) is 5.10 Å². The van der Waals surface area contributed by atoms with Gasteiger partial charge in [0.05, 0.1) is 11.7 Å². The van der Waals surface area contributed by atoms with Gasteiger partial charge in [0, 0.05) is 31.3 Å². The Bertz CT molecular complexity index is 1030. The fraction of sp³-hybridized carbons (Fsp3) is 0.261. The van der Waals surface area contributed by atoms with Gasteiger partial charge in [0.1, 0.15) is 6.54 Å². The molecule has 0 bridgehead atoms. The van der Waals surface area contributed by atoms with Crippen molar-refractivity contribution in [2.24, 2.45) is 0 Å². The number of piperazine rings is 1. The van der Waals surface area contributed by atoms with Crippen molar-refractivity contribution in [1.29, 1.82) is 0 Å². The van der Waals surface area contributed by atoms with E-state index in [1.807, 2.05) is 65.6 Å². The van der Waals surface area contributed by atoms with Crippen LogP contribution in [-0.2, 0) is 11.3 Å². The number of aromatic nitrogens is 2. The lowest BCUT2D eigenvalue weighted by Gasteiger charge is -2.40. The molecule has 2 heterocycles. The lowest BCUT2D eigenvalue weighted by atomic mass is 10.0. The Balaban J connectivity index is 1.59. The summed E-state index contributed by atoms with van der Waals surface area (Å²) < 4.78 is 1.27. The van der Waals surface area contributed by atoms with Crippen molar-refractivity contribution in [3.8, 4) is 11.3 Å². The molecule has 3 aromatic rings. The second-order valence-electron chi connectivity index (χ2n) is 7.36. The molecule has 1 aliphatic rings. The molecule has 1 saturated heterocycles. The molecule has 0 unspecified atom stereocenters. The number of rotatable bonds is 4. The number of likely N-dealkylation sites (N-methyl/N-ethyl adjacent to an activating group) is 1. The zero-order chi connectivity index (χ0) is 20.2. The summed E-state index contributed by atoms with van der Waals surface area (Å²) in [5, 5.41) is 4.44. The molecular formula is C23H24N4O2. The summed E-state index contributed by atoms with van der Waals surface area (Å²) in [6.45, 7) is 2.14. The summed E-state index contributed by atoms with van der Waals surface area (Å²) in [6, 6.07) is 22.8. The summed E-state index contributed by atoms with van der Waals surface area (Å²) in [5.41, 5.74) is 2.42. The average Bonchev–Trinajstić information content (AvgIpc) is 2.76. The van der Waals surface area contributed by atoms with Crippen molar-refractivity contribution in [1.82, 2.24) is 19.6 Å². The molecule has 4 rings (SSSR count). The molecule has 6 nitrogen and oxygen atoms in total. The normalized spacial score (nSPS) is 17.3. The van der Waals surface area contributed by atoms with Gasteiger partial charge >= 0.3 is 0 Å². The third-order valence-corrected chi connectivity index (χ3v) is 5.31. The number of carbonyl (C=O) groups excluding carboxylic acids is 1. The van der Waals surface area contributed by atoms with E-state index < -0.39 is 0 Å². The number of nitrogens with zero attached hydrogens (tertiary/aromatic N) is 4. The highest BCUT2D eigenvalue weighted by atomic mass is 16.2. The molecule has 0 spiro atoms. The highest BCUT2D eigenvalue weighted by molar-refractivity contribution is 5.76.